The number of methoxy groups -OCH3 is 1. The summed E-state index contributed by atoms with van der Waals surface area (Å²) >= 11 is 0. The van der Waals surface area contributed by atoms with E-state index in [2.05, 4.69) is 22.8 Å². The third-order valence-corrected chi connectivity index (χ3v) is 4.12. The fraction of sp³-hybridized carbons (Fsp3) is 0.562. The van der Waals surface area contributed by atoms with Crippen LogP contribution in [0.5, 0.6) is 5.75 Å². The molecule has 108 valence electrons. The van der Waals surface area contributed by atoms with E-state index >= 15 is 0 Å². The second kappa shape index (κ2) is 5.83. The summed E-state index contributed by atoms with van der Waals surface area (Å²) in [6.45, 7) is 0.409. The molecule has 1 aromatic rings. The van der Waals surface area contributed by atoms with Gasteiger partial charge in [0, 0.05) is 12.1 Å². The van der Waals surface area contributed by atoms with Gasteiger partial charge in [-0.15, -0.1) is 0 Å². The third-order valence-electron chi connectivity index (χ3n) is 4.12. The molecule has 1 unspecified atom stereocenters. The molecule has 1 fully saturated rings. The molecule has 2 N–H and O–H groups in total. The SMILES string of the molecule is COc1ccc2c(c1)CCCC2NCC(=O)NC1CC1. The minimum Gasteiger partial charge on any atom is -0.497 e. The average Bonchev–Trinajstić information content (AvgIpc) is 3.28. The van der Waals surface area contributed by atoms with Crippen molar-refractivity contribution in [3.05, 3.63) is 29.3 Å². The Kier molecular flexibility index (Phi) is 3.92. The molecule has 20 heavy (non-hydrogen) atoms. The Morgan fingerprint density at radius 1 is 1.35 bits per heavy atom. The summed E-state index contributed by atoms with van der Waals surface area (Å²) in [5, 5.41) is 6.41. The van der Waals surface area contributed by atoms with Gasteiger partial charge in [0.05, 0.1) is 13.7 Å². The lowest BCUT2D eigenvalue weighted by Crippen LogP contribution is -2.37. The predicted octanol–water partition coefficient (Wildman–Crippen LogP) is 1.94. The van der Waals surface area contributed by atoms with E-state index < -0.39 is 0 Å². The average molecular weight is 274 g/mol. The van der Waals surface area contributed by atoms with Gasteiger partial charge in [-0.25, -0.2) is 0 Å². The molecule has 3 rings (SSSR count). The molecule has 2 aliphatic carbocycles. The van der Waals surface area contributed by atoms with Crippen LogP contribution in [0.15, 0.2) is 18.2 Å². The second-order valence-electron chi connectivity index (χ2n) is 5.73. The number of benzene rings is 1. The molecule has 0 heterocycles. The summed E-state index contributed by atoms with van der Waals surface area (Å²) in [4.78, 5) is 11.8. The standard InChI is InChI=1S/C16H22N2O2/c1-20-13-7-8-14-11(9-13)3-2-4-15(14)17-10-16(19)18-12-5-6-12/h7-9,12,15,17H,2-6,10H2,1H3,(H,18,19). The lowest BCUT2D eigenvalue weighted by atomic mass is 9.87. The van der Waals surface area contributed by atoms with Crippen LogP contribution < -0.4 is 15.4 Å². The fourth-order valence-corrected chi connectivity index (χ4v) is 2.85. The zero-order valence-electron chi connectivity index (χ0n) is 11.9. The molecule has 1 atom stereocenters. The van der Waals surface area contributed by atoms with E-state index in [4.69, 9.17) is 4.74 Å². The van der Waals surface area contributed by atoms with Crippen molar-refractivity contribution in [2.24, 2.45) is 0 Å². The molecule has 1 amide bonds. The number of fused-ring (bicyclic) bond motifs is 1. The number of hydrogen-bond acceptors (Lipinski definition) is 3. The summed E-state index contributed by atoms with van der Waals surface area (Å²) in [5.74, 6) is 1.03. The van der Waals surface area contributed by atoms with Crippen LogP contribution in [-0.2, 0) is 11.2 Å². The second-order valence-corrected chi connectivity index (χ2v) is 5.73. The number of carbonyl (C=O) groups is 1. The van der Waals surface area contributed by atoms with Crippen LogP contribution >= 0.6 is 0 Å². The smallest absolute Gasteiger partial charge is 0.234 e. The lowest BCUT2D eigenvalue weighted by Gasteiger charge is -2.26. The maximum Gasteiger partial charge on any atom is 0.234 e. The summed E-state index contributed by atoms with van der Waals surface area (Å²) < 4.78 is 5.28. The van der Waals surface area contributed by atoms with E-state index in [9.17, 15) is 4.79 Å². The van der Waals surface area contributed by atoms with Gasteiger partial charge in [-0.1, -0.05) is 6.07 Å². The molecule has 1 saturated carbocycles. The van der Waals surface area contributed by atoms with Crippen molar-refractivity contribution in [1.82, 2.24) is 10.6 Å². The van der Waals surface area contributed by atoms with Crippen molar-refractivity contribution in [2.75, 3.05) is 13.7 Å². The van der Waals surface area contributed by atoms with Crippen molar-refractivity contribution in [2.45, 2.75) is 44.2 Å². The van der Waals surface area contributed by atoms with Gasteiger partial charge >= 0.3 is 0 Å². The molecule has 0 aliphatic heterocycles. The van der Waals surface area contributed by atoms with Crippen LogP contribution in [0.25, 0.3) is 0 Å². The first-order valence-electron chi connectivity index (χ1n) is 7.46. The van der Waals surface area contributed by atoms with Crippen molar-refractivity contribution in [1.29, 1.82) is 0 Å². The molecule has 2 aliphatic rings. The number of carbonyl (C=O) groups excluding carboxylic acids is 1. The number of ether oxygens (including phenoxy) is 1. The molecule has 1 aromatic carbocycles. The molecule has 0 saturated heterocycles. The van der Waals surface area contributed by atoms with E-state index in [1.807, 2.05) is 6.07 Å². The highest BCUT2D eigenvalue weighted by atomic mass is 16.5. The summed E-state index contributed by atoms with van der Waals surface area (Å²) in [5.41, 5.74) is 2.66. The van der Waals surface area contributed by atoms with Crippen LogP contribution in [0, 0.1) is 0 Å². The number of aryl methyl sites for hydroxylation is 1. The Balaban J connectivity index is 1.62. The molecular weight excluding hydrogens is 252 g/mol. The van der Waals surface area contributed by atoms with E-state index in [1.54, 1.807) is 7.11 Å². The van der Waals surface area contributed by atoms with Crippen LogP contribution in [-0.4, -0.2) is 25.6 Å². The molecule has 4 heteroatoms. The van der Waals surface area contributed by atoms with Crippen molar-refractivity contribution >= 4 is 5.91 Å². The van der Waals surface area contributed by atoms with Crippen molar-refractivity contribution in [3.8, 4) is 5.75 Å². The molecule has 0 aromatic heterocycles. The lowest BCUT2D eigenvalue weighted by molar-refractivity contribution is -0.120. The van der Waals surface area contributed by atoms with Gasteiger partial charge < -0.3 is 15.4 Å². The van der Waals surface area contributed by atoms with Crippen molar-refractivity contribution < 1.29 is 9.53 Å². The van der Waals surface area contributed by atoms with Gasteiger partial charge in [-0.2, -0.15) is 0 Å². The van der Waals surface area contributed by atoms with Gasteiger partial charge in [-0.3, -0.25) is 4.79 Å². The third kappa shape index (κ3) is 3.12. The first-order valence-corrected chi connectivity index (χ1v) is 7.46. The summed E-state index contributed by atoms with van der Waals surface area (Å²) in [6, 6.07) is 6.97. The maximum absolute atomic E-state index is 11.8. The minimum atomic E-state index is 0.119. The fourth-order valence-electron chi connectivity index (χ4n) is 2.85. The zero-order chi connectivity index (χ0) is 13.9. The molecular formula is C16H22N2O2. The Labute approximate surface area is 119 Å². The molecule has 4 nitrogen and oxygen atoms in total. The Morgan fingerprint density at radius 3 is 2.95 bits per heavy atom. The summed E-state index contributed by atoms with van der Waals surface area (Å²) in [7, 11) is 1.70. The topological polar surface area (TPSA) is 50.4 Å². The summed E-state index contributed by atoms with van der Waals surface area (Å²) in [6.07, 6.45) is 5.62. The van der Waals surface area contributed by atoms with Gasteiger partial charge in [0.1, 0.15) is 5.75 Å². The molecule has 0 spiro atoms. The normalized spacial score (nSPS) is 21.1. The van der Waals surface area contributed by atoms with Gasteiger partial charge in [-0.05, 0) is 55.4 Å². The van der Waals surface area contributed by atoms with Gasteiger partial charge in [0.15, 0.2) is 0 Å². The molecule has 0 radical (unpaired) electrons. The van der Waals surface area contributed by atoms with E-state index in [0.29, 0.717) is 12.6 Å². The number of nitrogens with one attached hydrogen (secondary N) is 2. The van der Waals surface area contributed by atoms with Crippen LogP contribution in [0.1, 0.15) is 42.9 Å². The van der Waals surface area contributed by atoms with Gasteiger partial charge in [0.2, 0.25) is 5.91 Å². The quantitative estimate of drug-likeness (QED) is 0.862. The first-order chi connectivity index (χ1) is 9.76. The van der Waals surface area contributed by atoms with Gasteiger partial charge in [0.25, 0.3) is 0 Å². The van der Waals surface area contributed by atoms with Crippen LogP contribution in [0.4, 0.5) is 0 Å². The highest BCUT2D eigenvalue weighted by Crippen LogP contribution is 2.32. The number of hydrogen-bond donors (Lipinski definition) is 2. The van der Waals surface area contributed by atoms with E-state index in [1.165, 1.54) is 11.1 Å². The Hall–Kier alpha value is -1.55. The molecule has 0 bridgehead atoms. The van der Waals surface area contributed by atoms with Crippen LogP contribution in [0.2, 0.25) is 0 Å². The maximum atomic E-state index is 11.8. The highest BCUT2D eigenvalue weighted by molar-refractivity contribution is 5.78. The predicted molar refractivity (Wildman–Crippen MR) is 77.8 cm³/mol. The van der Waals surface area contributed by atoms with Crippen molar-refractivity contribution in [3.63, 3.8) is 0 Å². The number of amides is 1. The minimum absolute atomic E-state index is 0.119. The number of rotatable bonds is 5. The highest BCUT2D eigenvalue weighted by Gasteiger charge is 2.24. The Bertz CT molecular complexity index is 497. The van der Waals surface area contributed by atoms with Crippen LogP contribution in [0.3, 0.4) is 0 Å². The van der Waals surface area contributed by atoms with E-state index in [-0.39, 0.29) is 11.9 Å². The Morgan fingerprint density at radius 2 is 2.20 bits per heavy atom. The zero-order valence-corrected chi connectivity index (χ0v) is 11.9. The first kappa shape index (κ1) is 13.4. The monoisotopic (exact) mass is 274 g/mol. The largest absolute Gasteiger partial charge is 0.497 e. The van der Waals surface area contributed by atoms with E-state index in [0.717, 1.165) is 37.9 Å².